The molecule has 0 aliphatic heterocycles. The first-order valence-electron chi connectivity index (χ1n) is 37.7. The Bertz CT molecular complexity index is 1760. The first kappa shape index (κ1) is 89.1. The van der Waals surface area contributed by atoms with Gasteiger partial charge in [-0.1, -0.05) is 324 Å². The minimum Gasteiger partial charge on any atom is -0.462 e. The van der Waals surface area contributed by atoms with Gasteiger partial charge in [-0.05, 0) is 31.6 Å². The average Bonchev–Trinajstić information content (AvgIpc) is 3.35. The molecule has 17 nitrogen and oxygen atoms in total. The zero-order chi connectivity index (χ0) is 67.0. The average molecular weight is 1340 g/mol. The van der Waals surface area contributed by atoms with Gasteiger partial charge in [-0.25, -0.2) is 9.13 Å². The number of aliphatic hydroxyl groups is 1. The highest BCUT2D eigenvalue weighted by molar-refractivity contribution is 7.47. The predicted octanol–water partition coefficient (Wildman–Crippen LogP) is 20.9. The van der Waals surface area contributed by atoms with Crippen LogP contribution in [0.1, 0.15) is 375 Å². The Morgan fingerprint density at radius 3 is 0.780 bits per heavy atom. The van der Waals surface area contributed by atoms with Crippen molar-refractivity contribution in [3.63, 3.8) is 0 Å². The Kier molecular flexibility index (Phi) is 64.0. The van der Waals surface area contributed by atoms with E-state index in [1.165, 1.54) is 199 Å². The van der Waals surface area contributed by atoms with Gasteiger partial charge in [0.2, 0.25) is 0 Å². The Balaban J connectivity index is 5.22. The maximum absolute atomic E-state index is 13.0. The number of esters is 4. The van der Waals surface area contributed by atoms with Crippen molar-refractivity contribution in [2.45, 2.75) is 393 Å². The molecule has 0 fully saturated rings. The molecule has 0 saturated carbocycles. The summed E-state index contributed by atoms with van der Waals surface area (Å²) in [6.07, 6.45) is 52.6. The van der Waals surface area contributed by atoms with E-state index < -0.39 is 97.5 Å². The third kappa shape index (κ3) is 65.1. The van der Waals surface area contributed by atoms with Gasteiger partial charge < -0.3 is 33.8 Å². The summed E-state index contributed by atoms with van der Waals surface area (Å²) >= 11 is 0. The van der Waals surface area contributed by atoms with E-state index in [0.29, 0.717) is 25.7 Å². The lowest BCUT2D eigenvalue weighted by atomic mass is 9.99. The molecule has 0 saturated heterocycles. The van der Waals surface area contributed by atoms with Crippen molar-refractivity contribution in [2.75, 3.05) is 39.6 Å². The van der Waals surface area contributed by atoms with Gasteiger partial charge in [-0.15, -0.1) is 0 Å². The lowest BCUT2D eigenvalue weighted by Crippen LogP contribution is -2.30. The third-order valence-electron chi connectivity index (χ3n) is 17.1. The summed E-state index contributed by atoms with van der Waals surface area (Å²) in [5, 5.41) is 10.6. The summed E-state index contributed by atoms with van der Waals surface area (Å²) in [5.74, 6) is -1.34. The summed E-state index contributed by atoms with van der Waals surface area (Å²) in [7, 11) is -9.90. The molecule has 6 atom stereocenters. The predicted molar refractivity (Wildman–Crippen MR) is 368 cm³/mol. The smallest absolute Gasteiger partial charge is 0.462 e. The number of phosphoric ester groups is 2. The highest BCUT2D eigenvalue weighted by Gasteiger charge is 2.30. The van der Waals surface area contributed by atoms with E-state index in [-0.39, 0.29) is 25.7 Å². The second-order valence-electron chi connectivity index (χ2n) is 26.2. The molecule has 0 spiro atoms. The lowest BCUT2D eigenvalue weighted by Gasteiger charge is -2.21. The van der Waals surface area contributed by atoms with E-state index in [1.54, 1.807) is 0 Å². The number of ether oxygens (including phenoxy) is 4. The standard InChI is InChI=1S/C72H140O17P2/c1-6-10-13-16-19-22-25-26-27-28-29-30-31-33-36-43-48-53-58-72(77)89-68(62-83-70(75)56-51-46-41-38-37-39-44-49-54-65(5)9-4)64-87-91(80,81)85-60-66(73)59-84-90(78,79)86-63-67(61-82-69(74)55-50-45-40-34-24-21-18-15-12-8-3)88-71(76)57-52-47-42-35-32-23-20-17-14-11-7-2/h65-68,73H,6-64H2,1-5H3,(H,78,79)(H,80,81)/t65?,66-,67+,68+/m0/s1. The molecule has 0 aliphatic carbocycles. The molecule has 0 heterocycles. The van der Waals surface area contributed by atoms with Crippen molar-refractivity contribution in [1.82, 2.24) is 0 Å². The van der Waals surface area contributed by atoms with Crippen LogP contribution < -0.4 is 0 Å². The van der Waals surface area contributed by atoms with E-state index in [4.69, 9.17) is 37.0 Å². The molecule has 3 unspecified atom stereocenters. The van der Waals surface area contributed by atoms with Crippen LogP contribution in [0.4, 0.5) is 0 Å². The van der Waals surface area contributed by atoms with Gasteiger partial charge in [0, 0.05) is 25.7 Å². The van der Waals surface area contributed by atoms with Crippen LogP contribution in [0.15, 0.2) is 0 Å². The molecule has 19 heteroatoms. The van der Waals surface area contributed by atoms with Crippen LogP contribution in [0.25, 0.3) is 0 Å². The van der Waals surface area contributed by atoms with E-state index in [2.05, 4.69) is 34.6 Å². The molecule has 0 rings (SSSR count). The van der Waals surface area contributed by atoms with Gasteiger partial charge in [-0.3, -0.25) is 37.3 Å². The van der Waals surface area contributed by atoms with E-state index in [1.807, 2.05) is 0 Å². The Morgan fingerprint density at radius 1 is 0.308 bits per heavy atom. The Hall–Kier alpha value is -1.94. The summed E-state index contributed by atoms with van der Waals surface area (Å²) in [6.45, 7) is 7.26. The summed E-state index contributed by atoms with van der Waals surface area (Å²) in [4.78, 5) is 72.6. The number of rotatable bonds is 72. The Morgan fingerprint density at radius 2 is 0.527 bits per heavy atom. The first-order chi connectivity index (χ1) is 44.1. The van der Waals surface area contributed by atoms with Crippen LogP contribution in [0, 0.1) is 5.92 Å². The second-order valence-corrected chi connectivity index (χ2v) is 29.1. The third-order valence-corrected chi connectivity index (χ3v) is 19.0. The van der Waals surface area contributed by atoms with Crippen molar-refractivity contribution in [1.29, 1.82) is 0 Å². The fourth-order valence-electron chi connectivity index (χ4n) is 11.0. The number of phosphoric acid groups is 2. The van der Waals surface area contributed by atoms with Gasteiger partial charge in [0.15, 0.2) is 12.2 Å². The zero-order valence-corrected chi connectivity index (χ0v) is 60.8. The number of unbranched alkanes of at least 4 members (excludes halogenated alkanes) is 43. The summed E-state index contributed by atoms with van der Waals surface area (Å²) in [5.41, 5.74) is 0. The molecule has 0 aliphatic rings. The highest BCUT2D eigenvalue weighted by atomic mass is 31.2. The SMILES string of the molecule is CCCCCCCCCCCCCCCCCCCCC(=O)O[C@H](COC(=O)CCCCCCCCCCC(C)CC)COP(=O)(O)OC[C@@H](O)COP(=O)(O)OC[C@@H](COC(=O)CCCCCCCCCCCC)OC(=O)CCCCCCCCCCCCC. The number of hydrogen-bond donors (Lipinski definition) is 3. The van der Waals surface area contributed by atoms with Crippen LogP contribution in [-0.2, 0) is 65.4 Å². The van der Waals surface area contributed by atoms with Gasteiger partial charge in [-0.2, -0.15) is 0 Å². The van der Waals surface area contributed by atoms with Crippen molar-refractivity contribution >= 4 is 39.5 Å². The number of hydrogen-bond acceptors (Lipinski definition) is 15. The van der Waals surface area contributed by atoms with Crippen molar-refractivity contribution in [3.05, 3.63) is 0 Å². The summed E-state index contributed by atoms with van der Waals surface area (Å²) < 4.78 is 68.3. The highest BCUT2D eigenvalue weighted by Crippen LogP contribution is 2.45. The van der Waals surface area contributed by atoms with Crippen molar-refractivity contribution < 1.29 is 80.2 Å². The van der Waals surface area contributed by atoms with E-state index in [0.717, 1.165) is 95.8 Å². The van der Waals surface area contributed by atoms with Crippen LogP contribution in [0.3, 0.4) is 0 Å². The van der Waals surface area contributed by atoms with Crippen LogP contribution in [0.2, 0.25) is 0 Å². The maximum atomic E-state index is 13.0. The normalized spacial score (nSPS) is 14.3. The van der Waals surface area contributed by atoms with Crippen molar-refractivity contribution in [2.24, 2.45) is 5.92 Å². The number of carbonyl (C=O) groups is 4. The molecule has 0 aromatic heterocycles. The topological polar surface area (TPSA) is 237 Å². The van der Waals surface area contributed by atoms with E-state index in [9.17, 15) is 43.2 Å². The summed E-state index contributed by atoms with van der Waals surface area (Å²) in [6, 6.07) is 0. The maximum Gasteiger partial charge on any atom is 0.472 e. The lowest BCUT2D eigenvalue weighted by molar-refractivity contribution is -0.161. The fourth-order valence-corrected chi connectivity index (χ4v) is 12.5. The molecule has 91 heavy (non-hydrogen) atoms. The molecule has 0 radical (unpaired) electrons. The first-order valence-corrected chi connectivity index (χ1v) is 40.7. The van der Waals surface area contributed by atoms with Gasteiger partial charge in [0.05, 0.1) is 26.4 Å². The molecule has 3 N–H and O–H groups in total. The minimum absolute atomic E-state index is 0.107. The van der Waals surface area contributed by atoms with Crippen molar-refractivity contribution in [3.8, 4) is 0 Å². The van der Waals surface area contributed by atoms with Gasteiger partial charge in [0.1, 0.15) is 19.3 Å². The monoisotopic (exact) mass is 1340 g/mol. The molecule has 0 aromatic rings. The van der Waals surface area contributed by atoms with E-state index >= 15 is 0 Å². The fraction of sp³-hybridized carbons (Fsp3) is 0.944. The van der Waals surface area contributed by atoms with Gasteiger partial charge >= 0.3 is 39.5 Å². The molecular formula is C72H140O17P2. The second kappa shape index (κ2) is 65.4. The minimum atomic E-state index is -4.95. The number of aliphatic hydroxyl groups excluding tert-OH is 1. The zero-order valence-electron chi connectivity index (χ0n) is 59.0. The molecule has 540 valence electrons. The Labute approximate surface area is 556 Å². The molecule has 0 amide bonds. The van der Waals surface area contributed by atoms with Crippen LogP contribution in [0.5, 0.6) is 0 Å². The molecule has 0 aromatic carbocycles. The number of carbonyl (C=O) groups excluding carboxylic acids is 4. The largest absolute Gasteiger partial charge is 0.472 e. The van der Waals surface area contributed by atoms with Crippen LogP contribution in [-0.4, -0.2) is 96.7 Å². The molecular weight excluding hydrogens is 1200 g/mol. The quantitative estimate of drug-likeness (QED) is 0.0222. The molecule has 0 bridgehead atoms. The van der Waals surface area contributed by atoms with Gasteiger partial charge in [0.25, 0.3) is 0 Å². The van der Waals surface area contributed by atoms with Crippen LogP contribution >= 0.6 is 15.6 Å².